The lowest BCUT2D eigenvalue weighted by Crippen LogP contribution is -2.34. The molecular weight excluding hydrogens is 353 g/mol. The third-order valence-corrected chi connectivity index (χ3v) is 4.59. The molecule has 0 bridgehead atoms. The fourth-order valence-electron chi connectivity index (χ4n) is 0.825. The fourth-order valence-corrected chi connectivity index (χ4v) is 1.77. The Morgan fingerprint density at radius 3 is 2.41 bits per heavy atom. The number of rotatable bonds is 5. The highest BCUT2D eigenvalue weighted by Crippen LogP contribution is 2.15. The molecule has 0 aliphatic carbocycles. The van der Waals surface area contributed by atoms with E-state index in [1.54, 1.807) is 26.8 Å². The number of sulfone groups is 1. The second kappa shape index (κ2) is 7.91. The fraction of sp³-hybridized carbons (Fsp3) is 0.700. The summed E-state index contributed by atoms with van der Waals surface area (Å²) in [6, 6.07) is 0. The van der Waals surface area contributed by atoms with Gasteiger partial charge in [0, 0.05) is 6.54 Å². The summed E-state index contributed by atoms with van der Waals surface area (Å²) in [5.74, 6) is 0.247. The van der Waals surface area contributed by atoms with Crippen LogP contribution in [0, 0.1) is 0 Å². The third-order valence-electron chi connectivity index (χ3n) is 2.00. The summed E-state index contributed by atoms with van der Waals surface area (Å²) >= 11 is 0. The normalized spacial score (nSPS) is 12.8. The summed E-state index contributed by atoms with van der Waals surface area (Å²) in [5, 5.41) is 2.77. The van der Waals surface area contributed by atoms with E-state index in [-0.39, 0.29) is 42.2 Å². The molecule has 0 aromatic rings. The molecule has 0 saturated heterocycles. The van der Waals surface area contributed by atoms with Crippen molar-refractivity contribution in [3.8, 4) is 0 Å². The van der Waals surface area contributed by atoms with E-state index in [9.17, 15) is 8.42 Å². The maximum Gasteiger partial charge on any atom is 0.188 e. The maximum atomic E-state index is 11.7. The Hall–Kier alpha value is -0.310. The summed E-state index contributed by atoms with van der Waals surface area (Å²) in [6.45, 7) is 9.22. The summed E-state index contributed by atoms with van der Waals surface area (Å²) in [4.78, 5) is 3.92. The van der Waals surface area contributed by atoms with Crippen molar-refractivity contribution in [1.82, 2.24) is 5.32 Å². The van der Waals surface area contributed by atoms with Crippen LogP contribution < -0.4 is 11.1 Å². The minimum atomic E-state index is -3.12. The van der Waals surface area contributed by atoms with E-state index in [2.05, 4.69) is 16.9 Å². The Labute approximate surface area is 121 Å². The molecule has 0 radical (unpaired) electrons. The first-order valence-corrected chi connectivity index (χ1v) is 6.73. The van der Waals surface area contributed by atoms with E-state index < -0.39 is 14.6 Å². The molecule has 102 valence electrons. The van der Waals surface area contributed by atoms with Crippen LogP contribution in [0.1, 0.15) is 20.8 Å². The Kier molecular flexibility index (Phi) is 8.86. The lowest BCUT2D eigenvalue weighted by Gasteiger charge is -2.18. The highest BCUT2D eigenvalue weighted by Gasteiger charge is 2.28. The highest BCUT2D eigenvalue weighted by molar-refractivity contribution is 14.0. The molecule has 0 amide bonds. The average molecular weight is 375 g/mol. The number of hydrogen-bond acceptors (Lipinski definition) is 3. The van der Waals surface area contributed by atoms with E-state index in [0.717, 1.165) is 0 Å². The average Bonchev–Trinajstić information content (AvgIpc) is 2.12. The van der Waals surface area contributed by atoms with Crippen molar-refractivity contribution in [2.24, 2.45) is 10.7 Å². The van der Waals surface area contributed by atoms with Crippen LogP contribution in [0.5, 0.6) is 0 Å². The molecule has 3 N–H and O–H groups in total. The Morgan fingerprint density at radius 2 is 2.00 bits per heavy atom. The van der Waals surface area contributed by atoms with E-state index in [1.165, 1.54) is 0 Å². The molecule has 7 heteroatoms. The van der Waals surface area contributed by atoms with E-state index >= 15 is 0 Å². The monoisotopic (exact) mass is 375 g/mol. The molecule has 0 unspecified atom stereocenters. The van der Waals surface area contributed by atoms with Crippen LogP contribution in [-0.2, 0) is 9.84 Å². The molecule has 5 nitrogen and oxygen atoms in total. The number of nitrogens with zero attached hydrogens (tertiary/aromatic N) is 1. The third kappa shape index (κ3) is 7.58. The van der Waals surface area contributed by atoms with Crippen LogP contribution in [0.15, 0.2) is 17.6 Å². The highest BCUT2D eigenvalue weighted by atomic mass is 127. The molecule has 0 atom stereocenters. The van der Waals surface area contributed by atoms with Gasteiger partial charge < -0.3 is 11.1 Å². The largest absolute Gasteiger partial charge is 0.370 e. The van der Waals surface area contributed by atoms with Gasteiger partial charge in [0.25, 0.3) is 0 Å². The number of nitrogens with one attached hydrogen (secondary N) is 1. The topological polar surface area (TPSA) is 84.5 Å². The van der Waals surface area contributed by atoms with E-state index in [0.29, 0.717) is 6.54 Å². The number of halogens is 1. The van der Waals surface area contributed by atoms with Gasteiger partial charge in [0.15, 0.2) is 15.8 Å². The second-order valence-corrected chi connectivity index (χ2v) is 7.23. The molecule has 0 rings (SSSR count). The summed E-state index contributed by atoms with van der Waals surface area (Å²) in [7, 11) is -3.12. The summed E-state index contributed by atoms with van der Waals surface area (Å²) in [6.07, 6.45) is 1.65. The number of aliphatic imine (C=N–C) groups is 1. The summed E-state index contributed by atoms with van der Waals surface area (Å²) in [5.41, 5.74) is 5.49. The van der Waals surface area contributed by atoms with Crippen molar-refractivity contribution < 1.29 is 8.42 Å². The predicted molar refractivity (Wildman–Crippen MR) is 83.6 cm³/mol. The quantitative estimate of drug-likeness (QED) is 0.324. The Morgan fingerprint density at radius 1 is 1.47 bits per heavy atom. The van der Waals surface area contributed by atoms with Crippen LogP contribution in [0.2, 0.25) is 0 Å². The molecule has 0 aliphatic rings. The number of hydrogen-bond donors (Lipinski definition) is 2. The minimum absolute atomic E-state index is 0. The van der Waals surface area contributed by atoms with Gasteiger partial charge in [-0.05, 0) is 20.8 Å². The SMILES string of the molecule is C=CCNC(N)=NCCS(=O)(=O)C(C)(C)C.I. The van der Waals surface area contributed by atoms with Gasteiger partial charge in [-0.1, -0.05) is 6.08 Å². The first kappa shape index (κ1) is 19.0. The van der Waals surface area contributed by atoms with Crippen molar-refractivity contribution >= 4 is 39.8 Å². The minimum Gasteiger partial charge on any atom is -0.370 e. The van der Waals surface area contributed by atoms with Crippen molar-refractivity contribution in [2.45, 2.75) is 25.5 Å². The van der Waals surface area contributed by atoms with Gasteiger partial charge >= 0.3 is 0 Å². The van der Waals surface area contributed by atoms with E-state index in [4.69, 9.17) is 5.73 Å². The number of guanidine groups is 1. The van der Waals surface area contributed by atoms with Crippen LogP contribution in [-0.4, -0.2) is 38.0 Å². The first-order valence-electron chi connectivity index (χ1n) is 5.07. The number of nitrogens with two attached hydrogens (primary N) is 1. The molecule has 0 heterocycles. The van der Waals surface area contributed by atoms with Crippen LogP contribution >= 0.6 is 24.0 Å². The van der Waals surface area contributed by atoms with Gasteiger partial charge in [-0.25, -0.2) is 8.42 Å². The van der Waals surface area contributed by atoms with Gasteiger partial charge in [0.05, 0.1) is 17.0 Å². The molecule has 0 fully saturated rings. The maximum absolute atomic E-state index is 11.7. The zero-order chi connectivity index (χ0) is 12.8. The van der Waals surface area contributed by atoms with Gasteiger partial charge in [0.1, 0.15) is 0 Å². The van der Waals surface area contributed by atoms with Crippen molar-refractivity contribution in [2.75, 3.05) is 18.8 Å². The van der Waals surface area contributed by atoms with Crippen LogP contribution in [0.25, 0.3) is 0 Å². The molecule has 0 aromatic carbocycles. The molecule has 0 spiro atoms. The molecule has 17 heavy (non-hydrogen) atoms. The Balaban J connectivity index is 0. The van der Waals surface area contributed by atoms with Crippen LogP contribution in [0.4, 0.5) is 0 Å². The van der Waals surface area contributed by atoms with Crippen LogP contribution in [0.3, 0.4) is 0 Å². The standard InChI is InChI=1S/C10H21N3O2S.HI/c1-5-6-12-9(11)13-7-8-16(14,15)10(2,3)4;/h5H,1,6-8H2,2-4H3,(H3,11,12,13);1H. The first-order chi connectivity index (χ1) is 7.20. The van der Waals surface area contributed by atoms with Gasteiger partial charge in [-0.3, -0.25) is 4.99 Å². The predicted octanol–water partition coefficient (Wildman–Crippen LogP) is 0.908. The smallest absolute Gasteiger partial charge is 0.188 e. The van der Waals surface area contributed by atoms with Crippen molar-refractivity contribution in [3.05, 3.63) is 12.7 Å². The van der Waals surface area contributed by atoms with E-state index in [1.807, 2.05) is 0 Å². The molecular formula is C10H22IN3O2S. The van der Waals surface area contributed by atoms with Gasteiger partial charge in [-0.2, -0.15) is 0 Å². The second-order valence-electron chi connectivity index (χ2n) is 4.37. The van der Waals surface area contributed by atoms with Gasteiger partial charge in [0.2, 0.25) is 0 Å². The summed E-state index contributed by atoms with van der Waals surface area (Å²) < 4.78 is 22.7. The Bertz CT molecular complexity index is 358. The zero-order valence-corrected chi connectivity index (χ0v) is 13.7. The van der Waals surface area contributed by atoms with Crippen molar-refractivity contribution in [1.29, 1.82) is 0 Å². The lowest BCUT2D eigenvalue weighted by atomic mass is 10.3. The molecule has 0 aromatic heterocycles. The molecule has 0 aliphatic heterocycles. The van der Waals surface area contributed by atoms with Gasteiger partial charge in [-0.15, -0.1) is 30.6 Å². The van der Waals surface area contributed by atoms with Crippen molar-refractivity contribution in [3.63, 3.8) is 0 Å². The lowest BCUT2D eigenvalue weighted by molar-refractivity contribution is 0.560. The molecule has 0 saturated carbocycles. The zero-order valence-electron chi connectivity index (χ0n) is 10.6.